The fourth-order valence-electron chi connectivity index (χ4n) is 13.4. The van der Waals surface area contributed by atoms with Gasteiger partial charge in [-0.3, -0.25) is 24.0 Å². The number of nitrogens with one attached hydrogen (secondary N) is 5. The first-order valence-corrected chi connectivity index (χ1v) is 33.1. The van der Waals surface area contributed by atoms with Crippen LogP contribution >= 0.6 is 0 Å². The number of amides is 5. The van der Waals surface area contributed by atoms with E-state index in [-0.39, 0.29) is 0 Å². The molecular formula is C58H97N5O41. The molecule has 0 radical (unpaired) electrons. The first-order valence-electron chi connectivity index (χ1n) is 33.1. The molecule has 0 aromatic rings. The number of aliphatic hydroxyl groups is 21. The van der Waals surface area contributed by atoms with Crippen molar-refractivity contribution in [1.82, 2.24) is 26.6 Å². The smallest absolute Gasteiger partial charge is 0.217 e. The van der Waals surface area contributed by atoms with E-state index in [1.807, 2.05) is 0 Å². The summed E-state index contributed by atoms with van der Waals surface area (Å²) in [5.74, 6) is -4.43. The van der Waals surface area contributed by atoms with Crippen molar-refractivity contribution in [3.63, 3.8) is 0 Å². The lowest BCUT2D eigenvalue weighted by atomic mass is 9.93. The molecule has 8 saturated heterocycles. The van der Waals surface area contributed by atoms with Crippen molar-refractivity contribution in [3.05, 3.63) is 0 Å². The highest BCUT2D eigenvalue weighted by atomic mass is 16.8. The average Bonchev–Trinajstić information content (AvgIpc) is 0.762. The van der Waals surface area contributed by atoms with Crippen LogP contribution in [0.1, 0.15) is 34.6 Å². The largest absolute Gasteiger partial charge is 0.394 e. The minimum absolute atomic E-state index is 0.788. The van der Waals surface area contributed by atoms with Gasteiger partial charge in [0, 0.05) is 34.6 Å². The van der Waals surface area contributed by atoms with Gasteiger partial charge in [-0.05, 0) is 0 Å². The lowest BCUT2D eigenvalue weighted by Gasteiger charge is -2.52. The van der Waals surface area contributed by atoms with Gasteiger partial charge in [0.15, 0.2) is 50.3 Å². The molecule has 0 aliphatic carbocycles. The van der Waals surface area contributed by atoms with Crippen LogP contribution in [0.4, 0.5) is 0 Å². The molecule has 600 valence electrons. The molecule has 40 atom stereocenters. The Balaban J connectivity index is 1.27. The quantitative estimate of drug-likeness (QED) is 0.0363. The van der Waals surface area contributed by atoms with Crippen LogP contribution in [0.5, 0.6) is 0 Å². The molecule has 0 aromatic carbocycles. The summed E-state index contributed by atoms with van der Waals surface area (Å²) < 4.78 is 91.3. The van der Waals surface area contributed by atoms with Crippen LogP contribution in [0.3, 0.4) is 0 Å². The Hall–Kier alpha value is -4.09. The first-order chi connectivity index (χ1) is 49.2. The zero-order valence-electron chi connectivity index (χ0n) is 56.3. The van der Waals surface area contributed by atoms with Crippen molar-refractivity contribution >= 4 is 29.5 Å². The number of ether oxygens (including phenoxy) is 15. The second kappa shape index (κ2) is 37.5. The molecule has 5 amide bonds. The highest BCUT2D eigenvalue weighted by Crippen LogP contribution is 2.40. The summed E-state index contributed by atoms with van der Waals surface area (Å²) >= 11 is 0. The van der Waals surface area contributed by atoms with E-state index in [4.69, 9.17) is 71.1 Å². The third-order valence-electron chi connectivity index (χ3n) is 18.7. The summed E-state index contributed by atoms with van der Waals surface area (Å²) in [4.78, 5) is 63.3. The van der Waals surface area contributed by atoms with Gasteiger partial charge in [-0.25, -0.2) is 0 Å². The van der Waals surface area contributed by atoms with Gasteiger partial charge >= 0.3 is 0 Å². The molecule has 8 fully saturated rings. The zero-order valence-corrected chi connectivity index (χ0v) is 56.3. The molecule has 8 rings (SSSR count). The van der Waals surface area contributed by atoms with Gasteiger partial charge in [-0.15, -0.1) is 0 Å². The van der Waals surface area contributed by atoms with Gasteiger partial charge in [0.1, 0.15) is 195 Å². The van der Waals surface area contributed by atoms with Crippen molar-refractivity contribution in [3.8, 4) is 0 Å². The topological polar surface area (TPSA) is 709 Å². The summed E-state index contributed by atoms with van der Waals surface area (Å²) in [6.07, 6.45) is -73.7. The highest BCUT2D eigenvalue weighted by Gasteiger charge is 2.61. The minimum Gasteiger partial charge on any atom is -0.394 e. The zero-order chi connectivity index (χ0) is 76.8. The predicted octanol–water partition coefficient (Wildman–Crippen LogP) is -17.7. The van der Waals surface area contributed by atoms with E-state index in [1.54, 1.807) is 0 Å². The van der Waals surface area contributed by atoms with Crippen molar-refractivity contribution in [1.29, 1.82) is 0 Å². The number of hydrogen-bond donors (Lipinski definition) is 26. The number of aliphatic hydroxyl groups excluding tert-OH is 21. The maximum atomic E-state index is 13.1. The van der Waals surface area contributed by atoms with E-state index < -0.39 is 328 Å². The molecule has 8 aliphatic heterocycles. The lowest BCUT2D eigenvalue weighted by molar-refractivity contribution is -0.407. The summed E-state index contributed by atoms with van der Waals surface area (Å²) in [6.45, 7) is -4.05. The second-order valence-electron chi connectivity index (χ2n) is 26.1. The number of rotatable bonds is 27. The maximum absolute atomic E-state index is 13.1. The maximum Gasteiger partial charge on any atom is 0.217 e. The molecule has 26 N–H and O–H groups in total. The molecular weight excluding hydrogens is 1420 g/mol. The Morgan fingerprint density at radius 2 is 0.510 bits per heavy atom. The average molecular weight is 1520 g/mol. The Bertz CT molecular complexity index is 2770. The second-order valence-corrected chi connectivity index (χ2v) is 26.1. The van der Waals surface area contributed by atoms with Crippen LogP contribution in [-0.4, -0.2) is 435 Å². The van der Waals surface area contributed by atoms with E-state index in [1.165, 1.54) is 0 Å². The Morgan fingerprint density at radius 1 is 0.250 bits per heavy atom. The third-order valence-corrected chi connectivity index (χ3v) is 18.7. The van der Waals surface area contributed by atoms with Crippen LogP contribution in [-0.2, 0) is 95.0 Å². The Labute approximate surface area is 589 Å². The van der Waals surface area contributed by atoms with Crippen molar-refractivity contribution in [2.45, 2.75) is 280 Å². The van der Waals surface area contributed by atoms with Crippen LogP contribution < -0.4 is 26.6 Å². The lowest BCUT2D eigenvalue weighted by Crippen LogP contribution is -2.71. The van der Waals surface area contributed by atoms with E-state index in [0.29, 0.717) is 0 Å². The molecule has 0 saturated carbocycles. The van der Waals surface area contributed by atoms with Crippen molar-refractivity contribution in [2.24, 2.45) is 0 Å². The molecule has 46 nitrogen and oxygen atoms in total. The fourth-order valence-corrected chi connectivity index (χ4v) is 13.4. The van der Waals surface area contributed by atoms with Crippen LogP contribution in [0.2, 0.25) is 0 Å². The molecule has 8 heterocycles. The predicted molar refractivity (Wildman–Crippen MR) is 322 cm³/mol. The summed E-state index contributed by atoms with van der Waals surface area (Å²) in [5.41, 5.74) is 0. The van der Waals surface area contributed by atoms with E-state index in [9.17, 15) is 131 Å². The monoisotopic (exact) mass is 1520 g/mol. The van der Waals surface area contributed by atoms with E-state index in [0.717, 1.165) is 34.6 Å². The summed E-state index contributed by atoms with van der Waals surface area (Å²) in [6, 6.07) is -9.14. The van der Waals surface area contributed by atoms with Gasteiger partial charge in [-0.1, -0.05) is 0 Å². The molecule has 0 bridgehead atoms. The highest BCUT2D eigenvalue weighted by molar-refractivity contribution is 5.75. The normalized spacial score (nSPS) is 47.2. The fraction of sp³-hybridized carbons (Fsp3) is 0.914. The Kier molecular flexibility index (Phi) is 30.9. The van der Waals surface area contributed by atoms with E-state index >= 15 is 0 Å². The number of carbonyl (C=O) groups is 5. The van der Waals surface area contributed by atoms with Gasteiger partial charge in [-0.2, -0.15) is 0 Å². The SMILES string of the molecule is CC(=O)N[C@H]1[C@H](O[C@H]2[C@H](O)[C@@H](NC(C)=O)C(O)O[C@@H]2CO)O[C@H](CO)[C@@H](O[C@@H]2O[C@H](CO[C@H]3O[C@H](CO)[C@@H](O)[C@H](O)[C@@H]3O[C@@H]3O[C@H](CO)[C@@H](O)[C@H](O)[C@H]3NC(C)=O)[C@@H](O[C@@H]3O[C@H](CO)[C@@H](O)[C@H](O)[C@H]3NC(C)=O)[C@H](O[C@H]3O[C@H](CO)[C@@H](O)[C@H](O)[C@@H]3O[C@@H]3O[C@H](CO)[C@@H](O)[C@H](O)[C@H]3NC(C)=O)[C@@H]2O)[C@@H]1O. The first kappa shape index (κ1) is 85.5. The van der Waals surface area contributed by atoms with Gasteiger partial charge in [0.05, 0.1) is 52.9 Å². The molecule has 1 unspecified atom stereocenters. The molecule has 104 heavy (non-hydrogen) atoms. The van der Waals surface area contributed by atoms with Crippen LogP contribution in [0.25, 0.3) is 0 Å². The van der Waals surface area contributed by atoms with Crippen LogP contribution in [0, 0.1) is 0 Å². The molecule has 0 aromatic heterocycles. The Morgan fingerprint density at radius 3 is 0.885 bits per heavy atom. The standard InChI is InChI=1S/C58H97N5O41/c1-14(71)59-27-40(84)45(24(11-69)91-51(27)89)99-55-31(63-18(5)75)41(85)46(25(12-70)97-55)100-56-44(88)48(102-58-50(43(87)36(80)23(10-68)96-58)104-54-30(62-17(4)74)39(83)34(78)21(8-66)94-54)47(101-52-28(60-15(2)72)37(81)32(76)19(6-64)92-52)26(98-56)13-90-57-49(42(86)35(79)22(9-67)95-57)103-53-29(61-16(3)73)38(82)33(77)20(7-65)93-53/h19-58,64-70,76-89H,6-13H2,1-5H3,(H,59,71)(H,60,72)(H,61,73)(H,62,74)(H,63,75)/t19-,20-,21-,22-,23-,24-,25-,26-,27-,28-,29-,30-,31-,32-,33-,34-,35-,36-,37-,38-,39-,40-,41-,42+,43+,44+,45-,46-,47-,48-,49+,50+,51?,52+,53+,54+,55+,56+,57+,58-/m1/s1. The van der Waals surface area contributed by atoms with Crippen molar-refractivity contribution < 1.29 is 202 Å². The third kappa shape index (κ3) is 19.2. The van der Waals surface area contributed by atoms with Gasteiger partial charge in [0.2, 0.25) is 29.5 Å². The summed E-state index contributed by atoms with van der Waals surface area (Å²) in [5, 5.41) is 246. The minimum atomic E-state index is -2.65. The van der Waals surface area contributed by atoms with Gasteiger partial charge < -0.3 is 205 Å². The molecule has 8 aliphatic rings. The molecule has 46 heteroatoms. The van der Waals surface area contributed by atoms with Gasteiger partial charge in [0.25, 0.3) is 0 Å². The van der Waals surface area contributed by atoms with E-state index in [2.05, 4.69) is 26.6 Å². The number of hydrogen-bond acceptors (Lipinski definition) is 41. The van der Waals surface area contributed by atoms with Crippen LogP contribution in [0.15, 0.2) is 0 Å². The van der Waals surface area contributed by atoms with Crippen molar-refractivity contribution in [2.75, 3.05) is 52.9 Å². The molecule has 0 spiro atoms. The summed E-state index contributed by atoms with van der Waals surface area (Å²) in [7, 11) is 0. The number of carbonyl (C=O) groups excluding carboxylic acids is 5.